The molecule has 0 saturated heterocycles. The molecule has 1 aromatic carbocycles. The lowest BCUT2D eigenvalue weighted by Gasteiger charge is -2.20. The second-order valence-electron chi connectivity index (χ2n) is 4.19. The summed E-state index contributed by atoms with van der Waals surface area (Å²) in [6, 6.07) is 7.80. The van der Waals surface area contributed by atoms with Crippen LogP contribution in [0.1, 0.15) is 36.0 Å². The molecule has 82 valence electrons. The third-order valence-electron chi connectivity index (χ3n) is 3.10. The monoisotopic (exact) mass is 231 g/mol. The second kappa shape index (κ2) is 3.98. The number of allylic oxidation sites excluding steroid dienone is 1. The molecule has 1 amide bonds. The van der Waals surface area contributed by atoms with E-state index < -0.39 is 0 Å². The van der Waals surface area contributed by atoms with Gasteiger partial charge in [-0.3, -0.25) is 4.79 Å². The van der Waals surface area contributed by atoms with E-state index >= 15 is 0 Å². The first kappa shape index (κ1) is 9.97. The highest BCUT2D eigenvalue weighted by Crippen LogP contribution is 2.38. The van der Waals surface area contributed by atoms with Gasteiger partial charge in [-0.15, -0.1) is 0 Å². The number of benzene rings is 1. The summed E-state index contributed by atoms with van der Waals surface area (Å²) in [5, 5.41) is 4.10. The van der Waals surface area contributed by atoms with Crippen LogP contribution in [0.4, 0.5) is 0 Å². The Morgan fingerprint density at radius 3 is 2.69 bits per heavy atom. The molecule has 1 aliphatic carbocycles. The first-order chi connectivity index (χ1) is 7.84. The van der Waals surface area contributed by atoms with Gasteiger partial charge < -0.3 is 5.32 Å². The molecule has 2 aliphatic rings. The Hall–Kier alpha value is -1.22. The van der Waals surface area contributed by atoms with Crippen molar-refractivity contribution < 1.29 is 4.79 Å². The molecular weight excluding hydrogens is 218 g/mol. The van der Waals surface area contributed by atoms with Crippen molar-refractivity contribution >= 4 is 17.7 Å². The Kier molecular flexibility index (Phi) is 2.48. The summed E-state index contributed by atoms with van der Waals surface area (Å²) >= 11 is 1.71. The average molecular weight is 231 g/mol. The minimum absolute atomic E-state index is 0.0451. The minimum Gasteiger partial charge on any atom is -0.316 e. The predicted molar refractivity (Wildman–Crippen MR) is 65.3 cm³/mol. The van der Waals surface area contributed by atoms with Crippen LogP contribution in [0, 0.1) is 0 Å². The van der Waals surface area contributed by atoms with Crippen LogP contribution in [0.3, 0.4) is 0 Å². The number of hydrogen-bond acceptors (Lipinski definition) is 2. The van der Waals surface area contributed by atoms with Crippen LogP contribution < -0.4 is 5.32 Å². The molecule has 0 bridgehead atoms. The van der Waals surface area contributed by atoms with Gasteiger partial charge in [0.1, 0.15) is 0 Å². The quantitative estimate of drug-likeness (QED) is 0.742. The van der Waals surface area contributed by atoms with E-state index in [0.717, 1.165) is 28.3 Å². The highest BCUT2D eigenvalue weighted by molar-refractivity contribution is 8.03. The van der Waals surface area contributed by atoms with Crippen LogP contribution in [0.15, 0.2) is 39.8 Å². The second-order valence-corrected chi connectivity index (χ2v) is 5.24. The summed E-state index contributed by atoms with van der Waals surface area (Å²) < 4.78 is 0. The molecule has 1 aromatic rings. The Morgan fingerprint density at radius 2 is 1.88 bits per heavy atom. The number of carbonyl (C=O) groups excluding carboxylic acids is 1. The Labute approximate surface area is 99.1 Å². The molecule has 1 fully saturated rings. The lowest BCUT2D eigenvalue weighted by molar-refractivity contribution is 0.0963. The van der Waals surface area contributed by atoms with Crippen LogP contribution >= 0.6 is 11.8 Å². The molecule has 1 heterocycles. The summed E-state index contributed by atoms with van der Waals surface area (Å²) in [5.41, 5.74) is 2.22. The van der Waals surface area contributed by atoms with Crippen LogP contribution in [-0.4, -0.2) is 5.91 Å². The third-order valence-corrected chi connectivity index (χ3v) is 4.27. The van der Waals surface area contributed by atoms with Gasteiger partial charge in [-0.2, -0.15) is 0 Å². The van der Waals surface area contributed by atoms with E-state index in [0.29, 0.717) is 0 Å². The van der Waals surface area contributed by atoms with Gasteiger partial charge in [0.15, 0.2) is 0 Å². The van der Waals surface area contributed by atoms with Crippen LogP contribution in [-0.2, 0) is 0 Å². The zero-order valence-corrected chi connectivity index (χ0v) is 9.77. The van der Waals surface area contributed by atoms with Crippen LogP contribution in [0.25, 0.3) is 0 Å². The van der Waals surface area contributed by atoms with E-state index in [1.54, 1.807) is 11.8 Å². The Bertz CT molecular complexity index is 471. The number of amides is 1. The molecule has 2 nitrogen and oxygen atoms in total. The smallest absolute Gasteiger partial charge is 0.257 e. The normalized spacial score (nSPS) is 19.6. The molecule has 16 heavy (non-hydrogen) atoms. The lowest BCUT2D eigenvalue weighted by Crippen LogP contribution is -2.26. The molecule has 1 N–H and O–H groups in total. The van der Waals surface area contributed by atoms with Gasteiger partial charge in [-0.25, -0.2) is 0 Å². The fraction of sp³-hybridized carbons (Fsp3) is 0.308. The summed E-state index contributed by atoms with van der Waals surface area (Å²) in [5.74, 6) is 0.0451. The molecule has 1 aliphatic heterocycles. The van der Waals surface area contributed by atoms with Gasteiger partial charge in [0.05, 0.1) is 10.6 Å². The highest BCUT2D eigenvalue weighted by Gasteiger charge is 2.23. The Balaban J connectivity index is 2.00. The van der Waals surface area contributed by atoms with Crippen molar-refractivity contribution in [3.63, 3.8) is 0 Å². The van der Waals surface area contributed by atoms with E-state index in [1.165, 1.54) is 18.4 Å². The molecule has 1 saturated carbocycles. The molecular formula is C13H13NOS. The van der Waals surface area contributed by atoms with E-state index in [2.05, 4.69) is 5.32 Å². The van der Waals surface area contributed by atoms with Crippen molar-refractivity contribution in [3.8, 4) is 0 Å². The summed E-state index contributed by atoms with van der Waals surface area (Å²) in [6.07, 6.45) is 4.81. The van der Waals surface area contributed by atoms with Gasteiger partial charge >= 0.3 is 0 Å². The number of rotatable bonds is 0. The zero-order valence-electron chi connectivity index (χ0n) is 8.95. The predicted octanol–water partition coefficient (Wildman–Crippen LogP) is 3.31. The maximum Gasteiger partial charge on any atom is 0.257 e. The number of fused-ring (bicyclic) bond motifs is 1. The van der Waals surface area contributed by atoms with Gasteiger partial charge in [0, 0.05) is 4.90 Å². The van der Waals surface area contributed by atoms with Gasteiger partial charge in [-0.1, -0.05) is 23.9 Å². The van der Waals surface area contributed by atoms with E-state index in [-0.39, 0.29) is 5.91 Å². The zero-order chi connectivity index (χ0) is 11.0. The highest BCUT2D eigenvalue weighted by atomic mass is 32.2. The number of thioether (sulfide) groups is 1. The molecule has 3 heteroatoms. The summed E-state index contributed by atoms with van der Waals surface area (Å²) in [7, 11) is 0. The van der Waals surface area contributed by atoms with Gasteiger partial charge in [-0.05, 0) is 43.4 Å². The third kappa shape index (κ3) is 1.65. The van der Waals surface area contributed by atoms with E-state index in [9.17, 15) is 4.79 Å². The average Bonchev–Trinajstić information content (AvgIpc) is 2.82. The van der Waals surface area contributed by atoms with E-state index in [1.807, 2.05) is 24.3 Å². The Morgan fingerprint density at radius 1 is 1.12 bits per heavy atom. The van der Waals surface area contributed by atoms with Crippen LogP contribution in [0.5, 0.6) is 0 Å². The fourth-order valence-electron chi connectivity index (χ4n) is 2.24. The molecule has 0 atom stereocenters. The maximum absolute atomic E-state index is 11.9. The molecule has 0 aromatic heterocycles. The van der Waals surface area contributed by atoms with Crippen molar-refractivity contribution in [2.45, 2.75) is 30.6 Å². The largest absolute Gasteiger partial charge is 0.316 e. The molecule has 0 spiro atoms. The number of nitrogens with one attached hydrogen (secondary N) is 1. The standard InChI is InChI=1S/C13H13NOS/c15-12-10-7-3-4-8-11(10)16-13(14-12)9-5-1-2-6-9/h3-4,7-8H,1-2,5-6H2,(H,14,15). The van der Waals surface area contributed by atoms with E-state index in [4.69, 9.17) is 0 Å². The van der Waals surface area contributed by atoms with Gasteiger partial charge in [0.25, 0.3) is 5.91 Å². The topological polar surface area (TPSA) is 29.1 Å². The SMILES string of the molecule is O=C1NC(=C2CCCC2)Sc2ccccc21. The van der Waals surface area contributed by atoms with Crippen molar-refractivity contribution in [1.29, 1.82) is 0 Å². The van der Waals surface area contributed by atoms with Crippen molar-refractivity contribution in [3.05, 3.63) is 40.4 Å². The van der Waals surface area contributed by atoms with Gasteiger partial charge in [0.2, 0.25) is 0 Å². The van der Waals surface area contributed by atoms with Crippen molar-refractivity contribution in [1.82, 2.24) is 5.32 Å². The first-order valence-electron chi connectivity index (χ1n) is 5.65. The molecule has 3 rings (SSSR count). The maximum atomic E-state index is 11.9. The first-order valence-corrected chi connectivity index (χ1v) is 6.46. The molecule has 0 unspecified atom stereocenters. The van der Waals surface area contributed by atoms with Crippen molar-refractivity contribution in [2.24, 2.45) is 0 Å². The number of carbonyl (C=O) groups is 1. The summed E-state index contributed by atoms with van der Waals surface area (Å²) in [4.78, 5) is 13.0. The fourth-order valence-corrected chi connectivity index (χ4v) is 3.37. The minimum atomic E-state index is 0.0451. The lowest BCUT2D eigenvalue weighted by atomic mass is 10.2. The molecule has 0 radical (unpaired) electrons. The van der Waals surface area contributed by atoms with Crippen LogP contribution in [0.2, 0.25) is 0 Å². The summed E-state index contributed by atoms with van der Waals surface area (Å²) in [6.45, 7) is 0. The van der Waals surface area contributed by atoms with Crippen molar-refractivity contribution in [2.75, 3.05) is 0 Å². The number of hydrogen-bond donors (Lipinski definition) is 1.